The zero-order valence-corrected chi connectivity index (χ0v) is 12.1. The molecule has 2 N–H and O–H groups in total. The summed E-state index contributed by atoms with van der Waals surface area (Å²) in [6.07, 6.45) is 0. The molecule has 3 nitrogen and oxygen atoms in total. The number of nitrogens with one attached hydrogen (secondary N) is 1. The van der Waals surface area contributed by atoms with E-state index in [1.54, 1.807) is 12.1 Å². The van der Waals surface area contributed by atoms with Crippen molar-refractivity contribution in [3.8, 4) is 5.75 Å². The fourth-order valence-corrected chi connectivity index (χ4v) is 1.85. The minimum atomic E-state index is -0.246. The van der Waals surface area contributed by atoms with Gasteiger partial charge in [-0.1, -0.05) is 24.3 Å². The van der Waals surface area contributed by atoms with Gasteiger partial charge >= 0.3 is 0 Å². The van der Waals surface area contributed by atoms with Gasteiger partial charge in [0.1, 0.15) is 18.2 Å². The maximum Gasteiger partial charge on any atom is 0.123 e. The van der Waals surface area contributed by atoms with Crippen molar-refractivity contribution >= 4 is 0 Å². The molecule has 0 fully saturated rings. The molecular weight excluding hydrogens is 269 g/mol. The fraction of sp³-hybridized carbons (Fsp3) is 0.294. The summed E-state index contributed by atoms with van der Waals surface area (Å²) in [4.78, 5) is 0. The second-order valence-electron chi connectivity index (χ2n) is 5.03. The lowest BCUT2D eigenvalue weighted by atomic mass is 10.2. The molecule has 0 aliphatic heterocycles. The average molecular weight is 289 g/mol. The summed E-state index contributed by atoms with van der Waals surface area (Å²) in [6, 6.07) is 14.1. The van der Waals surface area contributed by atoms with Crippen LogP contribution in [0.5, 0.6) is 5.75 Å². The molecule has 1 atom stereocenters. The molecule has 2 aromatic rings. The summed E-state index contributed by atoms with van der Waals surface area (Å²) in [7, 11) is 0. The van der Waals surface area contributed by atoms with E-state index >= 15 is 0 Å². The minimum Gasteiger partial charge on any atom is -0.489 e. The van der Waals surface area contributed by atoms with Crippen molar-refractivity contribution in [3.63, 3.8) is 0 Å². The van der Waals surface area contributed by atoms with E-state index in [2.05, 4.69) is 5.32 Å². The van der Waals surface area contributed by atoms with Gasteiger partial charge in [-0.15, -0.1) is 0 Å². The molecule has 0 radical (unpaired) electrons. The van der Waals surface area contributed by atoms with Crippen LogP contribution in [0.15, 0.2) is 48.5 Å². The quantitative estimate of drug-likeness (QED) is 0.823. The molecule has 21 heavy (non-hydrogen) atoms. The van der Waals surface area contributed by atoms with Gasteiger partial charge in [0, 0.05) is 12.6 Å². The van der Waals surface area contributed by atoms with E-state index in [1.165, 1.54) is 12.1 Å². The third-order valence-electron chi connectivity index (χ3n) is 3.15. The summed E-state index contributed by atoms with van der Waals surface area (Å²) >= 11 is 0. The molecule has 112 valence electrons. The zero-order chi connectivity index (χ0) is 15.1. The molecule has 2 aromatic carbocycles. The topological polar surface area (TPSA) is 41.5 Å². The molecule has 4 heteroatoms. The average Bonchev–Trinajstić information content (AvgIpc) is 2.52. The number of hydrogen-bond donors (Lipinski definition) is 2. The fourth-order valence-electron chi connectivity index (χ4n) is 1.85. The van der Waals surface area contributed by atoms with Crippen LogP contribution < -0.4 is 10.1 Å². The van der Waals surface area contributed by atoms with Crippen LogP contribution in [0.3, 0.4) is 0 Å². The number of rotatable bonds is 7. The van der Waals surface area contributed by atoms with Crippen molar-refractivity contribution < 1.29 is 14.2 Å². The highest BCUT2D eigenvalue weighted by molar-refractivity contribution is 5.29. The molecule has 0 bridgehead atoms. The molecule has 0 aromatic heterocycles. The summed E-state index contributed by atoms with van der Waals surface area (Å²) in [6.45, 7) is 3.12. The maximum absolute atomic E-state index is 12.8. The number of halogens is 1. The van der Waals surface area contributed by atoms with Gasteiger partial charge in [0.25, 0.3) is 0 Å². The van der Waals surface area contributed by atoms with Gasteiger partial charge < -0.3 is 15.2 Å². The normalized spacial score (nSPS) is 12.1. The van der Waals surface area contributed by atoms with E-state index < -0.39 is 0 Å². The van der Waals surface area contributed by atoms with Gasteiger partial charge in [0.2, 0.25) is 0 Å². The maximum atomic E-state index is 12.8. The minimum absolute atomic E-state index is 0.0637. The van der Waals surface area contributed by atoms with Gasteiger partial charge in [-0.3, -0.25) is 0 Å². The Balaban J connectivity index is 1.90. The Hall–Kier alpha value is -1.91. The Bertz CT molecular complexity index is 557. The Morgan fingerprint density at radius 3 is 2.62 bits per heavy atom. The molecule has 0 saturated carbocycles. The standard InChI is InChI=1S/C17H20FNO2/c1-13(11-20)19-10-15-3-2-4-17(9-15)21-12-14-5-7-16(18)8-6-14/h2-9,13,19-20H,10-12H2,1H3/t13-/m1/s1. The molecule has 0 amide bonds. The Morgan fingerprint density at radius 1 is 1.14 bits per heavy atom. The van der Waals surface area contributed by atoms with E-state index in [0.717, 1.165) is 16.9 Å². The zero-order valence-electron chi connectivity index (χ0n) is 12.1. The number of aliphatic hydroxyl groups excluding tert-OH is 1. The number of ether oxygens (including phenoxy) is 1. The van der Waals surface area contributed by atoms with E-state index in [4.69, 9.17) is 9.84 Å². The summed E-state index contributed by atoms with van der Waals surface area (Å²) < 4.78 is 18.5. The van der Waals surface area contributed by atoms with Gasteiger partial charge in [0.15, 0.2) is 0 Å². The van der Waals surface area contributed by atoms with Crippen LogP contribution in [0.25, 0.3) is 0 Å². The monoisotopic (exact) mass is 289 g/mol. The van der Waals surface area contributed by atoms with Crippen molar-refractivity contribution in [2.45, 2.75) is 26.1 Å². The number of aliphatic hydroxyl groups is 1. The second-order valence-corrected chi connectivity index (χ2v) is 5.03. The van der Waals surface area contributed by atoms with Crippen LogP contribution in [0.4, 0.5) is 4.39 Å². The Kier molecular flexibility index (Phi) is 5.72. The van der Waals surface area contributed by atoms with E-state index in [-0.39, 0.29) is 18.5 Å². The van der Waals surface area contributed by atoms with E-state index in [0.29, 0.717) is 13.2 Å². The number of hydrogen-bond acceptors (Lipinski definition) is 3. The van der Waals surface area contributed by atoms with Crippen molar-refractivity contribution in [3.05, 3.63) is 65.5 Å². The molecule has 0 aliphatic carbocycles. The second kappa shape index (κ2) is 7.76. The van der Waals surface area contributed by atoms with Crippen molar-refractivity contribution in [1.29, 1.82) is 0 Å². The lowest BCUT2D eigenvalue weighted by Gasteiger charge is -2.12. The van der Waals surface area contributed by atoms with Gasteiger partial charge in [0.05, 0.1) is 6.61 Å². The van der Waals surface area contributed by atoms with Crippen LogP contribution in [-0.2, 0) is 13.2 Å². The molecule has 0 unspecified atom stereocenters. The van der Waals surface area contributed by atoms with E-state index in [1.807, 2.05) is 31.2 Å². The molecule has 0 aliphatic rings. The molecular formula is C17H20FNO2. The lowest BCUT2D eigenvalue weighted by molar-refractivity contribution is 0.251. The van der Waals surface area contributed by atoms with Crippen LogP contribution >= 0.6 is 0 Å². The molecule has 2 rings (SSSR count). The first-order chi connectivity index (χ1) is 10.2. The predicted octanol–water partition coefficient (Wildman–Crippen LogP) is 2.88. The molecule has 0 spiro atoms. The summed E-state index contributed by atoms with van der Waals surface area (Å²) in [5.41, 5.74) is 2.01. The summed E-state index contributed by atoms with van der Waals surface area (Å²) in [5, 5.41) is 12.2. The van der Waals surface area contributed by atoms with Crippen molar-refractivity contribution in [1.82, 2.24) is 5.32 Å². The lowest BCUT2D eigenvalue weighted by Crippen LogP contribution is -2.28. The van der Waals surface area contributed by atoms with Crippen molar-refractivity contribution in [2.24, 2.45) is 0 Å². The highest BCUT2D eigenvalue weighted by Crippen LogP contribution is 2.15. The van der Waals surface area contributed by atoms with Gasteiger partial charge in [-0.2, -0.15) is 0 Å². The van der Waals surface area contributed by atoms with Crippen LogP contribution in [0.2, 0.25) is 0 Å². The smallest absolute Gasteiger partial charge is 0.123 e. The first-order valence-corrected chi connectivity index (χ1v) is 6.98. The van der Waals surface area contributed by atoms with Crippen LogP contribution in [0.1, 0.15) is 18.1 Å². The first kappa shape index (κ1) is 15.5. The molecule has 0 heterocycles. The van der Waals surface area contributed by atoms with Crippen LogP contribution in [-0.4, -0.2) is 17.8 Å². The van der Waals surface area contributed by atoms with E-state index in [9.17, 15) is 4.39 Å². The largest absolute Gasteiger partial charge is 0.489 e. The SMILES string of the molecule is C[C@H](CO)NCc1cccc(OCc2ccc(F)cc2)c1. The van der Waals surface area contributed by atoms with Gasteiger partial charge in [-0.05, 0) is 42.3 Å². The summed E-state index contributed by atoms with van der Waals surface area (Å²) in [5.74, 6) is 0.528. The third kappa shape index (κ3) is 5.17. The highest BCUT2D eigenvalue weighted by Gasteiger charge is 2.01. The highest BCUT2D eigenvalue weighted by atomic mass is 19.1. The first-order valence-electron chi connectivity index (χ1n) is 6.98. The third-order valence-corrected chi connectivity index (χ3v) is 3.15. The predicted molar refractivity (Wildman–Crippen MR) is 80.6 cm³/mol. The van der Waals surface area contributed by atoms with Crippen LogP contribution in [0, 0.1) is 5.82 Å². The Morgan fingerprint density at radius 2 is 1.90 bits per heavy atom. The number of benzene rings is 2. The van der Waals surface area contributed by atoms with Crippen molar-refractivity contribution in [2.75, 3.05) is 6.61 Å². The molecule has 0 saturated heterocycles. The van der Waals surface area contributed by atoms with Gasteiger partial charge in [-0.25, -0.2) is 4.39 Å². The Labute approximate surface area is 124 Å².